The van der Waals surface area contributed by atoms with E-state index in [0.29, 0.717) is 0 Å². The Morgan fingerprint density at radius 1 is 1.11 bits per heavy atom. The van der Waals surface area contributed by atoms with E-state index in [1.807, 2.05) is 0 Å². The molecular weight excluding hydrogens is 270 g/mol. The molecular formula is C12H25NO5S. The van der Waals surface area contributed by atoms with Gasteiger partial charge in [0.2, 0.25) is 0 Å². The van der Waals surface area contributed by atoms with E-state index in [1.54, 1.807) is 41.5 Å². The second-order valence-corrected chi connectivity index (χ2v) is 8.24. The second-order valence-electron chi connectivity index (χ2n) is 6.64. The molecule has 0 saturated carbocycles. The first-order chi connectivity index (χ1) is 8.13. The Labute approximate surface area is 115 Å². The van der Waals surface area contributed by atoms with E-state index >= 15 is 0 Å². The van der Waals surface area contributed by atoms with E-state index in [0.717, 1.165) is 6.26 Å². The lowest BCUT2D eigenvalue weighted by Gasteiger charge is -2.34. The molecule has 0 heterocycles. The molecule has 6 nitrogen and oxygen atoms in total. The second kappa shape index (κ2) is 5.76. The number of carbonyl (C=O) groups excluding carboxylic acids is 1. The maximum atomic E-state index is 12.2. The lowest BCUT2D eigenvalue weighted by molar-refractivity contribution is -0.168. The maximum absolute atomic E-state index is 12.2. The van der Waals surface area contributed by atoms with Crippen LogP contribution in [0.1, 0.15) is 41.5 Å². The Kier molecular flexibility index (Phi) is 5.56. The minimum absolute atomic E-state index is 0.573. The predicted octanol–water partition coefficient (Wildman–Crippen LogP) is 1.25. The SMILES string of the molecule is CC(C)(C)OC(=O)C(C(N)OS(C)(=O)=O)C(C)(C)C. The van der Waals surface area contributed by atoms with Gasteiger partial charge in [0.05, 0.1) is 6.26 Å². The van der Waals surface area contributed by atoms with Gasteiger partial charge in [-0.15, -0.1) is 0 Å². The third-order valence-corrected chi connectivity index (χ3v) is 2.78. The molecule has 114 valence electrons. The molecule has 0 aromatic carbocycles. The van der Waals surface area contributed by atoms with Gasteiger partial charge < -0.3 is 10.5 Å². The van der Waals surface area contributed by atoms with Gasteiger partial charge in [0, 0.05) is 0 Å². The van der Waals surface area contributed by atoms with Gasteiger partial charge in [-0.05, 0) is 26.2 Å². The molecule has 0 fully saturated rings. The molecule has 19 heavy (non-hydrogen) atoms. The first kappa shape index (κ1) is 18.3. The summed E-state index contributed by atoms with van der Waals surface area (Å²) in [6, 6.07) is 0. The van der Waals surface area contributed by atoms with Crippen molar-refractivity contribution in [3.63, 3.8) is 0 Å². The maximum Gasteiger partial charge on any atom is 0.314 e. The van der Waals surface area contributed by atoms with Gasteiger partial charge >= 0.3 is 5.97 Å². The van der Waals surface area contributed by atoms with Crippen LogP contribution in [0.15, 0.2) is 0 Å². The zero-order valence-corrected chi connectivity index (χ0v) is 13.5. The number of hydrogen-bond acceptors (Lipinski definition) is 6. The van der Waals surface area contributed by atoms with Gasteiger partial charge in [0.15, 0.2) is 0 Å². The van der Waals surface area contributed by atoms with E-state index in [2.05, 4.69) is 0 Å². The molecule has 2 atom stereocenters. The topological polar surface area (TPSA) is 95.7 Å². The van der Waals surface area contributed by atoms with Crippen LogP contribution in [0.5, 0.6) is 0 Å². The van der Waals surface area contributed by atoms with Crippen molar-refractivity contribution >= 4 is 16.1 Å². The summed E-state index contributed by atoms with van der Waals surface area (Å²) in [5.74, 6) is -1.46. The monoisotopic (exact) mass is 295 g/mol. The fraction of sp³-hybridized carbons (Fsp3) is 0.917. The molecule has 0 aromatic rings. The van der Waals surface area contributed by atoms with Crippen LogP contribution >= 0.6 is 0 Å². The van der Waals surface area contributed by atoms with Gasteiger partial charge in [-0.3, -0.25) is 8.98 Å². The van der Waals surface area contributed by atoms with E-state index in [9.17, 15) is 13.2 Å². The highest BCUT2D eigenvalue weighted by atomic mass is 32.2. The Morgan fingerprint density at radius 2 is 1.53 bits per heavy atom. The molecule has 0 aliphatic heterocycles. The van der Waals surface area contributed by atoms with E-state index in [-0.39, 0.29) is 0 Å². The molecule has 7 heteroatoms. The van der Waals surface area contributed by atoms with Crippen LogP contribution < -0.4 is 5.73 Å². The third kappa shape index (κ3) is 7.49. The molecule has 0 spiro atoms. The summed E-state index contributed by atoms with van der Waals surface area (Å²) in [6.45, 7) is 10.5. The molecule has 0 rings (SSSR count). The lowest BCUT2D eigenvalue weighted by Crippen LogP contribution is -2.48. The Morgan fingerprint density at radius 3 is 1.79 bits per heavy atom. The molecule has 0 saturated heterocycles. The predicted molar refractivity (Wildman–Crippen MR) is 72.7 cm³/mol. The molecule has 2 N–H and O–H groups in total. The zero-order chi connectivity index (χ0) is 15.6. The van der Waals surface area contributed by atoms with Crippen molar-refractivity contribution in [2.24, 2.45) is 17.1 Å². The number of carbonyl (C=O) groups is 1. The summed E-state index contributed by atoms with van der Waals surface area (Å²) < 4.78 is 32.2. The van der Waals surface area contributed by atoms with Crippen molar-refractivity contribution in [1.29, 1.82) is 0 Å². The van der Waals surface area contributed by atoms with Crippen LogP contribution in [-0.4, -0.2) is 32.5 Å². The highest BCUT2D eigenvalue weighted by Crippen LogP contribution is 2.31. The molecule has 0 amide bonds. The van der Waals surface area contributed by atoms with Crippen molar-refractivity contribution in [2.45, 2.75) is 53.4 Å². The highest BCUT2D eigenvalue weighted by Gasteiger charge is 2.41. The number of hydrogen-bond donors (Lipinski definition) is 1. The van der Waals surface area contributed by atoms with Gasteiger partial charge in [0.25, 0.3) is 10.1 Å². The van der Waals surface area contributed by atoms with Crippen LogP contribution in [0.25, 0.3) is 0 Å². The van der Waals surface area contributed by atoms with E-state index in [1.165, 1.54) is 0 Å². The zero-order valence-electron chi connectivity index (χ0n) is 12.7. The normalized spacial score (nSPS) is 16.8. The summed E-state index contributed by atoms with van der Waals surface area (Å²) >= 11 is 0. The van der Waals surface area contributed by atoms with Crippen LogP contribution in [0.4, 0.5) is 0 Å². The number of nitrogens with two attached hydrogens (primary N) is 1. The van der Waals surface area contributed by atoms with Crippen molar-refractivity contribution in [3.8, 4) is 0 Å². The van der Waals surface area contributed by atoms with Crippen LogP contribution in [0.3, 0.4) is 0 Å². The van der Waals surface area contributed by atoms with Crippen LogP contribution in [0.2, 0.25) is 0 Å². The largest absolute Gasteiger partial charge is 0.460 e. The van der Waals surface area contributed by atoms with Gasteiger partial charge in [0.1, 0.15) is 17.7 Å². The third-order valence-electron chi connectivity index (χ3n) is 2.21. The first-order valence-electron chi connectivity index (χ1n) is 6.00. The summed E-state index contributed by atoms with van der Waals surface area (Å²) in [7, 11) is -3.74. The van der Waals surface area contributed by atoms with Crippen molar-refractivity contribution in [2.75, 3.05) is 6.26 Å². The fourth-order valence-corrected chi connectivity index (χ4v) is 2.12. The first-order valence-corrected chi connectivity index (χ1v) is 7.82. The Bertz CT molecular complexity index is 416. The van der Waals surface area contributed by atoms with Crippen molar-refractivity contribution < 1.29 is 22.1 Å². The minimum atomic E-state index is -3.74. The summed E-state index contributed by atoms with van der Waals surface area (Å²) in [6.07, 6.45) is -0.383. The average molecular weight is 295 g/mol. The molecule has 0 aromatic heterocycles. The van der Waals surface area contributed by atoms with E-state index < -0.39 is 39.2 Å². The summed E-state index contributed by atoms with van der Waals surface area (Å²) in [5.41, 5.74) is 4.44. The van der Waals surface area contributed by atoms with Crippen LogP contribution in [-0.2, 0) is 23.8 Å². The van der Waals surface area contributed by atoms with Gasteiger partial charge in [-0.2, -0.15) is 8.42 Å². The molecule has 0 bridgehead atoms. The Hall–Kier alpha value is -0.660. The molecule has 2 unspecified atom stereocenters. The van der Waals surface area contributed by atoms with Crippen LogP contribution in [0, 0.1) is 11.3 Å². The van der Waals surface area contributed by atoms with Gasteiger partial charge in [-0.1, -0.05) is 20.8 Å². The van der Waals surface area contributed by atoms with Crippen molar-refractivity contribution in [1.82, 2.24) is 0 Å². The molecule has 0 aliphatic rings. The molecule has 0 aliphatic carbocycles. The lowest BCUT2D eigenvalue weighted by atomic mass is 9.79. The highest BCUT2D eigenvalue weighted by molar-refractivity contribution is 7.86. The standard InChI is InChI=1S/C12H25NO5S/c1-11(2,3)8(9(13)18-19(7,15)16)10(14)17-12(4,5)6/h8-9H,13H2,1-7H3. The molecule has 0 radical (unpaired) electrons. The number of rotatable bonds is 4. The smallest absolute Gasteiger partial charge is 0.314 e. The quantitative estimate of drug-likeness (QED) is 0.476. The summed E-state index contributed by atoms with van der Waals surface area (Å²) in [5, 5.41) is 0. The number of ether oxygens (including phenoxy) is 1. The van der Waals surface area contributed by atoms with Gasteiger partial charge in [-0.25, -0.2) is 0 Å². The minimum Gasteiger partial charge on any atom is -0.460 e. The van der Waals surface area contributed by atoms with E-state index in [4.69, 9.17) is 14.7 Å². The summed E-state index contributed by atoms with van der Waals surface area (Å²) in [4.78, 5) is 12.2. The number of esters is 1. The average Bonchev–Trinajstić information content (AvgIpc) is 1.90. The van der Waals surface area contributed by atoms with Crippen molar-refractivity contribution in [3.05, 3.63) is 0 Å². The fourth-order valence-electron chi connectivity index (χ4n) is 1.60. The Balaban J connectivity index is 5.19.